The normalized spacial score (nSPS) is 13.8. The Kier molecular flexibility index (Phi) is 9.94. The van der Waals surface area contributed by atoms with Crippen molar-refractivity contribution in [3.05, 3.63) is 53.6 Å². The van der Waals surface area contributed by atoms with E-state index in [0.29, 0.717) is 61.7 Å². The lowest BCUT2D eigenvalue weighted by atomic mass is 10.1. The van der Waals surface area contributed by atoms with E-state index in [1.54, 1.807) is 42.3 Å². The van der Waals surface area contributed by atoms with Gasteiger partial charge in [0, 0.05) is 62.6 Å². The van der Waals surface area contributed by atoms with Gasteiger partial charge in [0.2, 0.25) is 5.91 Å². The lowest BCUT2D eigenvalue weighted by Crippen LogP contribution is -2.36. The third-order valence-corrected chi connectivity index (χ3v) is 6.62. The Bertz CT molecular complexity index is 1080. The van der Waals surface area contributed by atoms with Gasteiger partial charge in [0.1, 0.15) is 5.75 Å². The third kappa shape index (κ3) is 7.24. The summed E-state index contributed by atoms with van der Waals surface area (Å²) in [6.45, 7) is 11.7. The van der Waals surface area contributed by atoms with E-state index < -0.39 is 0 Å². The second-order valence-corrected chi connectivity index (χ2v) is 9.72. The molecule has 1 aliphatic rings. The topological polar surface area (TPSA) is 82.2 Å². The van der Waals surface area contributed by atoms with Gasteiger partial charge in [-0.1, -0.05) is 13.8 Å². The van der Waals surface area contributed by atoms with Gasteiger partial charge in [0.15, 0.2) is 0 Å². The van der Waals surface area contributed by atoms with E-state index in [1.165, 1.54) is 0 Å². The fraction of sp³-hybridized carbons (Fsp3) is 0.483. The van der Waals surface area contributed by atoms with Gasteiger partial charge in [0.25, 0.3) is 11.8 Å². The first-order chi connectivity index (χ1) is 17.8. The van der Waals surface area contributed by atoms with Crippen molar-refractivity contribution in [2.24, 2.45) is 5.92 Å². The lowest BCUT2D eigenvalue weighted by molar-refractivity contribution is -0.116. The Morgan fingerprint density at radius 2 is 1.68 bits per heavy atom. The number of rotatable bonds is 9. The van der Waals surface area contributed by atoms with Crippen LogP contribution in [0.25, 0.3) is 0 Å². The van der Waals surface area contributed by atoms with Gasteiger partial charge >= 0.3 is 0 Å². The largest absolute Gasteiger partial charge is 0.497 e. The minimum Gasteiger partial charge on any atom is -0.497 e. The summed E-state index contributed by atoms with van der Waals surface area (Å²) in [6.07, 6.45) is 1.21. The van der Waals surface area contributed by atoms with Crippen molar-refractivity contribution in [1.29, 1.82) is 0 Å². The highest BCUT2D eigenvalue weighted by molar-refractivity contribution is 6.02. The molecular weight excluding hydrogens is 468 g/mol. The van der Waals surface area contributed by atoms with Crippen LogP contribution in [0.1, 0.15) is 61.3 Å². The molecule has 0 bridgehead atoms. The van der Waals surface area contributed by atoms with Gasteiger partial charge in [-0.2, -0.15) is 0 Å². The number of anilines is 2. The summed E-state index contributed by atoms with van der Waals surface area (Å²) in [7, 11) is 1.60. The average molecular weight is 509 g/mol. The van der Waals surface area contributed by atoms with Crippen LogP contribution in [-0.4, -0.2) is 73.9 Å². The van der Waals surface area contributed by atoms with E-state index in [0.717, 1.165) is 18.7 Å². The molecule has 0 aromatic heterocycles. The van der Waals surface area contributed by atoms with Crippen LogP contribution in [0.15, 0.2) is 42.5 Å². The summed E-state index contributed by atoms with van der Waals surface area (Å²) in [6, 6.07) is 12.7. The Balaban J connectivity index is 1.82. The highest BCUT2D eigenvalue weighted by atomic mass is 16.5. The van der Waals surface area contributed by atoms with Gasteiger partial charge in [-0.05, 0) is 68.7 Å². The van der Waals surface area contributed by atoms with E-state index in [4.69, 9.17) is 4.74 Å². The van der Waals surface area contributed by atoms with Crippen LogP contribution in [0.2, 0.25) is 0 Å². The molecule has 0 spiro atoms. The monoisotopic (exact) mass is 508 g/mol. The first-order valence-electron chi connectivity index (χ1n) is 13.2. The molecule has 2 aromatic rings. The Labute approximate surface area is 220 Å². The molecular formula is C29H40N4O4. The minimum atomic E-state index is -0.0635. The minimum absolute atomic E-state index is 0.00726. The number of benzene rings is 2. The standard InChI is InChI=1S/C29H40N4O4/c1-6-31(7-2)29(36)25-20-23(30-27(34)19-21(3)4)11-14-26(25)32-15-8-16-33(18-17-32)28(35)22-9-12-24(37-5)13-10-22/h9-14,20-21H,6-8,15-19H2,1-5H3,(H,30,34). The molecule has 3 amide bonds. The van der Waals surface area contributed by atoms with Crippen molar-refractivity contribution in [3.8, 4) is 5.75 Å². The zero-order chi connectivity index (χ0) is 26.9. The number of methoxy groups -OCH3 is 1. The number of hydrogen-bond donors (Lipinski definition) is 1. The van der Waals surface area contributed by atoms with Crippen LogP contribution in [-0.2, 0) is 4.79 Å². The molecule has 1 saturated heterocycles. The van der Waals surface area contributed by atoms with Crippen molar-refractivity contribution in [2.75, 3.05) is 56.6 Å². The maximum Gasteiger partial charge on any atom is 0.256 e. The highest BCUT2D eigenvalue weighted by Gasteiger charge is 2.25. The second-order valence-electron chi connectivity index (χ2n) is 9.72. The molecule has 1 fully saturated rings. The molecule has 1 heterocycles. The SMILES string of the molecule is CCN(CC)C(=O)c1cc(NC(=O)CC(C)C)ccc1N1CCCN(C(=O)c2ccc(OC)cc2)CC1. The van der Waals surface area contributed by atoms with Crippen molar-refractivity contribution < 1.29 is 19.1 Å². The van der Waals surface area contributed by atoms with Gasteiger partial charge in [-0.15, -0.1) is 0 Å². The van der Waals surface area contributed by atoms with Gasteiger partial charge < -0.3 is 24.8 Å². The molecule has 8 nitrogen and oxygen atoms in total. The van der Waals surface area contributed by atoms with Gasteiger partial charge in [-0.3, -0.25) is 14.4 Å². The zero-order valence-corrected chi connectivity index (χ0v) is 22.8. The van der Waals surface area contributed by atoms with Crippen LogP contribution >= 0.6 is 0 Å². The first-order valence-corrected chi connectivity index (χ1v) is 13.2. The second kappa shape index (κ2) is 13.1. The number of carbonyl (C=O) groups is 3. The predicted octanol–water partition coefficient (Wildman–Crippen LogP) is 4.51. The molecule has 0 saturated carbocycles. The third-order valence-electron chi connectivity index (χ3n) is 6.62. The van der Waals surface area contributed by atoms with E-state index >= 15 is 0 Å². The van der Waals surface area contributed by atoms with Crippen molar-refractivity contribution in [1.82, 2.24) is 9.80 Å². The molecule has 3 rings (SSSR count). The molecule has 0 atom stereocenters. The van der Waals surface area contributed by atoms with E-state index in [-0.39, 0.29) is 23.6 Å². The Morgan fingerprint density at radius 1 is 0.973 bits per heavy atom. The van der Waals surface area contributed by atoms with Crippen molar-refractivity contribution in [3.63, 3.8) is 0 Å². The fourth-order valence-electron chi connectivity index (χ4n) is 4.60. The molecule has 1 aliphatic heterocycles. The molecule has 0 radical (unpaired) electrons. The summed E-state index contributed by atoms with van der Waals surface area (Å²) in [5.74, 6) is 0.832. The van der Waals surface area contributed by atoms with E-state index in [9.17, 15) is 14.4 Å². The van der Waals surface area contributed by atoms with Gasteiger partial charge in [0.05, 0.1) is 12.7 Å². The van der Waals surface area contributed by atoms with Crippen molar-refractivity contribution in [2.45, 2.75) is 40.5 Å². The molecule has 0 aliphatic carbocycles. The summed E-state index contributed by atoms with van der Waals surface area (Å²) >= 11 is 0. The maximum atomic E-state index is 13.5. The summed E-state index contributed by atoms with van der Waals surface area (Å²) in [5, 5.41) is 2.94. The highest BCUT2D eigenvalue weighted by Crippen LogP contribution is 2.28. The van der Waals surface area contributed by atoms with Crippen LogP contribution in [0.5, 0.6) is 5.75 Å². The summed E-state index contributed by atoms with van der Waals surface area (Å²) in [4.78, 5) is 44.8. The zero-order valence-electron chi connectivity index (χ0n) is 22.8. The number of amides is 3. The molecule has 0 unspecified atom stereocenters. The van der Waals surface area contributed by atoms with Gasteiger partial charge in [-0.25, -0.2) is 0 Å². The van der Waals surface area contributed by atoms with Crippen LogP contribution in [0.3, 0.4) is 0 Å². The molecule has 2 aromatic carbocycles. The first kappa shape index (κ1) is 28.0. The van der Waals surface area contributed by atoms with Crippen LogP contribution < -0.4 is 15.0 Å². The average Bonchev–Trinajstić information content (AvgIpc) is 3.14. The van der Waals surface area contributed by atoms with Crippen LogP contribution in [0, 0.1) is 5.92 Å². The summed E-state index contributed by atoms with van der Waals surface area (Å²) < 4.78 is 5.20. The predicted molar refractivity (Wildman–Crippen MR) is 148 cm³/mol. The maximum absolute atomic E-state index is 13.5. The fourth-order valence-corrected chi connectivity index (χ4v) is 4.60. The molecule has 37 heavy (non-hydrogen) atoms. The Morgan fingerprint density at radius 3 is 2.30 bits per heavy atom. The van der Waals surface area contributed by atoms with E-state index in [2.05, 4.69) is 10.2 Å². The number of hydrogen-bond acceptors (Lipinski definition) is 5. The number of carbonyl (C=O) groups excluding carboxylic acids is 3. The number of nitrogens with one attached hydrogen (secondary N) is 1. The smallest absolute Gasteiger partial charge is 0.256 e. The number of nitrogens with zero attached hydrogens (tertiary/aromatic N) is 3. The lowest BCUT2D eigenvalue weighted by Gasteiger charge is -2.28. The molecule has 8 heteroatoms. The Hall–Kier alpha value is -3.55. The number of ether oxygens (including phenoxy) is 1. The van der Waals surface area contributed by atoms with E-state index in [1.807, 2.05) is 44.7 Å². The molecule has 200 valence electrons. The van der Waals surface area contributed by atoms with Crippen LogP contribution in [0.4, 0.5) is 11.4 Å². The summed E-state index contributed by atoms with van der Waals surface area (Å²) in [5.41, 5.74) is 2.66. The van der Waals surface area contributed by atoms with Crippen molar-refractivity contribution >= 4 is 29.1 Å². The molecule has 1 N–H and O–H groups in total. The quantitative estimate of drug-likeness (QED) is 0.539.